The first-order valence-corrected chi connectivity index (χ1v) is 6.65. The second-order valence-electron chi connectivity index (χ2n) is 6.53. The third-order valence-corrected chi connectivity index (χ3v) is 3.65. The standard InChI is InChI=1S/C15H24O6/c1-13(2,19-16)10-8-7-9-11(14(3,4)20-17)12(10)15(5,6)21-18/h7-9,16-18H,1-6H3. The minimum Gasteiger partial charge on any atom is -0.251 e. The van der Waals surface area contributed by atoms with Gasteiger partial charge in [0.15, 0.2) is 0 Å². The average Bonchev–Trinajstić information content (AvgIpc) is 2.46. The summed E-state index contributed by atoms with van der Waals surface area (Å²) in [6.45, 7) is 10.0. The van der Waals surface area contributed by atoms with Crippen LogP contribution in [0.1, 0.15) is 58.2 Å². The predicted molar refractivity (Wildman–Crippen MR) is 76.7 cm³/mol. The second-order valence-corrected chi connectivity index (χ2v) is 6.53. The van der Waals surface area contributed by atoms with Gasteiger partial charge in [0.05, 0.1) is 0 Å². The zero-order valence-electron chi connectivity index (χ0n) is 13.3. The Kier molecular flexibility index (Phi) is 5.15. The van der Waals surface area contributed by atoms with E-state index in [2.05, 4.69) is 14.7 Å². The van der Waals surface area contributed by atoms with Gasteiger partial charge >= 0.3 is 0 Å². The van der Waals surface area contributed by atoms with Crippen molar-refractivity contribution in [3.63, 3.8) is 0 Å². The normalized spacial score (nSPS) is 13.6. The number of hydrogen-bond donors (Lipinski definition) is 3. The number of rotatable bonds is 6. The summed E-state index contributed by atoms with van der Waals surface area (Å²) in [6, 6.07) is 5.26. The van der Waals surface area contributed by atoms with E-state index in [0.29, 0.717) is 16.7 Å². The SMILES string of the molecule is CC(C)(OO)c1cccc(C(C)(C)OO)c1C(C)(C)OO. The Hall–Kier alpha value is -1.02. The van der Waals surface area contributed by atoms with Crippen molar-refractivity contribution in [3.05, 3.63) is 34.9 Å². The number of hydrogen-bond acceptors (Lipinski definition) is 6. The van der Waals surface area contributed by atoms with Gasteiger partial charge in [-0.2, -0.15) is 0 Å². The van der Waals surface area contributed by atoms with Gasteiger partial charge in [0.25, 0.3) is 0 Å². The zero-order chi connectivity index (χ0) is 16.5. The van der Waals surface area contributed by atoms with Gasteiger partial charge in [0.1, 0.15) is 16.8 Å². The molecule has 0 saturated heterocycles. The van der Waals surface area contributed by atoms with Crippen molar-refractivity contribution in [3.8, 4) is 0 Å². The molecule has 0 bridgehead atoms. The summed E-state index contributed by atoms with van der Waals surface area (Å²) in [4.78, 5) is 13.7. The molecule has 6 heteroatoms. The third kappa shape index (κ3) is 3.42. The van der Waals surface area contributed by atoms with Crippen LogP contribution in [0.25, 0.3) is 0 Å². The van der Waals surface area contributed by atoms with Crippen LogP contribution in [0.4, 0.5) is 0 Å². The molecule has 1 aromatic rings. The van der Waals surface area contributed by atoms with E-state index >= 15 is 0 Å². The van der Waals surface area contributed by atoms with E-state index < -0.39 is 16.8 Å². The van der Waals surface area contributed by atoms with Crippen molar-refractivity contribution in [2.45, 2.75) is 58.3 Å². The minimum absolute atomic E-state index is 0.561. The molecule has 0 radical (unpaired) electrons. The lowest BCUT2D eigenvalue weighted by molar-refractivity contribution is -0.331. The molecule has 0 unspecified atom stereocenters. The van der Waals surface area contributed by atoms with E-state index in [-0.39, 0.29) is 0 Å². The first-order chi connectivity index (χ1) is 9.53. The molecule has 1 aromatic carbocycles. The fraction of sp³-hybridized carbons (Fsp3) is 0.600. The van der Waals surface area contributed by atoms with Crippen LogP contribution in [0, 0.1) is 0 Å². The van der Waals surface area contributed by atoms with Gasteiger partial charge < -0.3 is 0 Å². The monoisotopic (exact) mass is 300 g/mol. The molecule has 0 amide bonds. The summed E-state index contributed by atoms with van der Waals surface area (Å²) < 4.78 is 0. The van der Waals surface area contributed by atoms with Gasteiger partial charge in [0, 0.05) is 0 Å². The maximum absolute atomic E-state index is 9.27. The molecule has 0 aliphatic rings. The Labute approximate surface area is 124 Å². The molecule has 6 nitrogen and oxygen atoms in total. The van der Waals surface area contributed by atoms with Gasteiger partial charge in [-0.1, -0.05) is 18.2 Å². The highest BCUT2D eigenvalue weighted by Crippen LogP contribution is 2.41. The largest absolute Gasteiger partial charge is 0.251 e. The first-order valence-electron chi connectivity index (χ1n) is 6.65. The first kappa shape index (κ1) is 18.0. The Bertz CT molecular complexity index is 459. The number of benzene rings is 1. The van der Waals surface area contributed by atoms with Gasteiger partial charge in [-0.05, 0) is 58.2 Å². The van der Waals surface area contributed by atoms with E-state index in [1.54, 1.807) is 59.7 Å². The van der Waals surface area contributed by atoms with Crippen LogP contribution in [0.5, 0.6) is 0 Å². The van der Waals surface area contributed by atoms with Gasteiger partial charge in [0.2, 0.25) is 0 Å². The molecule has 0 aliphatic carbocycles. The van der Waals surface area contributed by atoms with Gasteiger partial charge in [-0.3, -0.25) is 15.8 Å². The lowest BCUT2D eigenvalue weighted by Gasteiger charge is -2.35. The molecule has 0 atom stereocenters. The average molecular weight is 300 g/mol. The van der Waals surface area contributed by atoms with E-state index in [1.165, 1.54) is 0 Å². The summed E-state index contributed by atoms with van der Waals surface area (Å²) in [6.07, 6.45) is 0. The summed E-state index contributed by atoms with van der Waals surface area (Å²) in [5.41, 5.74) is -1.40. The van der Waals surface area contributed by atoms with E-state index in [0.717, 1.165) is 0 Å². The van der Waals surface area contributed by atoms with Crippen LogP contribution in [-0.2, 0) is 31.5 Å². The fourth-order valence-electron chi connectivity index (χ4n) is 2.35. The highest BCUT2D eigenvalue weighted by molar-refractivity contribution is 5.44. The Balaban J connectivity index is 3.73. The van der Waals surface area contributed by atoms with Gasteiger partial charge in [-0.15, -0.1) is 0 Å². The van der Waals surface area contributed by atoms with Crippen molar-refractivity contribution in [2.75, 3.05) is 0 Å². The summed E-state index contributed by atoms with van der Waals surface area (Å²) in [7, 11) is 0. The molecule has 0 aromatic heterocycles. The Morgan fingerprint density at radius 2 is 1.00 bits per heavy atom. The smallest absolute Gasteiger partial charge is 0.123 e. The van der Waals surface area contributed by atoms with Crippen LogP contribution >= 0.6 is 0 Å². The lowest BCUT2D eigenvalue weighted by atomic mass is 9.78. The van der Waals surface area contributed by atoms with Crippen LogP contribution < -0.4 is 0 Å². The Morgan fingerprint density at radius 3 is 1.29 bits per heavy atom. The molecule has 0 saturated carbocycles. The fourth-order valence-corrected chi connectivity index (χ4v) is 2.35. The molecule has 0 fully saturated rings. The molecule has 120 valence electrons. The van der Waals surface area contributed by atoms with Crippen molar-refractivity contribution in [1.82, 2.24) is 0 Å². The van der Waals surface area contributed by atoms with Crippen molar-refractivity contribution in [1.29, 1.82) is 0 Å². The van der Waals surface area contributed by atoms with Crippen LogP contribution in [0.2, 0.25) is 0 Å². The topological polar surface area (TPSA) is 88.4 Å². The van der Waals surface area contributed by atoms with Crippen molar-refractivity contribution >= 4 is 0 Å². The third-order valence-electron chi connectivity index (χ3n) is 3.65. The predicted octanol–water partition coefficient (Wildman–Crippen LogP) is 3.86. The van der Waals surface area contributed by atoms with Crippen molar-refractivity contribution < 1.29 is 30.4 Å². The zero-order valence-corrected chi connectivity index (χ0v) is 13.3. The summed E-state index contributed by atoms with van der Waals surface area (Å²) in [5, 5.41) is 27.6. The maximum Gasteiger partial charge on any atom is 0.123 e. The quantitative estimate of drug-likeness (QED) is 0.546. The minimum atomic E-state index is -1.10. The van der Waals surface area contributed by atoms with Crippen molar-refractivity contribution in [2.24, 2.45) is 0 Å². The molecular weight excluding hydrogens is 276 g/mol. The lowest BCUT2D eigenvalue weighted by Crippen LogP contribution is -2.34. The molecule has 0 spiro atoms. The van der Waals surface area contributed by atoms with Crippen LogP contribution in [-0.4, -0.2) is 15.8 Å². The van der Waals surface area contributed by atoms with E-state index in [4.69, 9.17) is 0 Å². The van der Waals surface area contributed by atoms with E-state index in [9.17, 15) is 15.8 Å². The second kappa shape index (κ2) is 6.00. The van der Waals surface area contributed by atoms with Crippen LogP contribution in [0.3, 0.4) is 0 Å². The molecule has 1 rings (SSSR count). The molecule has 21 heavy (non-hydrogen) atoms. The highest BCUT2D eigenvalue weighted by Gasteiger charge is 2.39. The summed E-state index contributed by atoms with van der Waals surface area (Å²) in [5.74, 6) is 0. The molecule has 0 aliphatic heterocycles. The maximum atomic E-state index is 9.27. The van der Waals surface area contributed by atoms with Crippen LogP contribution in [0.15, 0.2) is 18.2 Å². The summed E-state index contributed by atoms with van der Waals surface area (Å²) >= 11 is 0. The molecule has 3 N–H and O–H groups in total. The van der Waals surface area contributed by atoms with E-state index in [1.807, 2.05) is 0 Å². The van der Waals surface area contributed by atoms with Gasteiger partial charge in [-0.25, -0.2) is 14.7 Å². The molecule has 0 heterocycles. The Morgan fingerprint density at radius 1 is 0.667 bits per heavy atom. The highest BCUT2D eigenvalue weighted by atomic mass is 17.1. The molecular formula is C15H24O6.